The van der Waals surface area contributed by atoms with Crippen LogP contribution in [0.4, 0.5) is 11.5 Å². The third-order valence-corrected chi connectivity index (χ3v) is 3.85. The second-order valence-electron chi connectivity index (χ2n) is 5.08. The molecule has 0 aliphatic carbocycles. The predicted molar refractivity (Wildman–Crippen MR) is 100 cm³/mol. The SMILES string of the molecule is CC.COc1ncc(-c2nn(C)c3ncnc(N)c23)cc1NS(C)(=O)=O. The fourth-order valence-corrected chi connectivity index (χ4v) is 2.87. The Labute approximate surface area is 151 Å². The van der Waals surface area contributed by atoms with E-state index in [2.05, 4.69) is 24.8 Å². The summed E-state index contributed by atoms with van der Waals surface area (Å²) in [6.45, 7) is 4.00. The number of nitrogens with zero attached hydrogens (tertiary/aromatic N) is 5. The first-order chi connectivity index (χ1) is 12.3. The van der Waals surface area contributed by atoms with Crippen LogP contribution in [-0.4, -0.2) is 46.5 Å². The van der Waals surface area contributed by atoms with Gasteiger partial charge in [0, 0.05) is 18.8 Å². The summed E-state index contributed by atoms with van der Waals surface area (Å²) in [6.07, 6.45) is 3.91. The molecular formula is C15H21N7O3S. The van der Waals surface area contributed by atoms with Gasteiger partial charge in [0.05, 0.1) is 18.8 Å². The van der Waals surface area contributed by atoms with Crippen molar-refractivity contribution in [1.29, 1.82) is 0 Å². The number of ether oxygens (including phenoxy) is 1. The van der Waals surface area contributed by atoms with E-state index >= 15 is 0 Å². The van der Waals surface area contributed by atoms with Crippen LogP contribution >= 0.6 is 0 Å². The molecule has 0 saturated heterocycles. The number of nitrogens with one attached hydrogen (secondary N) is 1. The van der Waals surface area contributed by atoms with Gasteiger partial charge < -0.3 is 10.5 Å². The Balaban J connectivity index is 0.00000117. The van der Waals surface area contributed by atoms with Gasteiger partial charge in [0.15, 0.2) is 5.65 Å². The Morgan fingerprint density at radius 2 is 1.92 bits per heavy atom. The molecule has 0 atom stereocenters. The van der Waals surface area contributed by atoms with Crippen LogP contribution in [0.1, 0.15) is 13.8 Å². The molecule has 0 aliphatic rings. The highest BCUT2D eigenvalue weighted by molar-refractivity contribution is 7.92. The van der Waals surface area contributed by atoms with Gasteiger partial charge in [-0.3, -0.25) is 4.72 Å². The van der Waals surface area contributed by atoms with E-state index in [1.807, 2.05) is 13.8 Å². The van der Waals surface area contributed by atoms with Crippen molar-refractivity contribution in [3.05, 3.63) is 18.6 Å². The zero-order valence-electron chi connectivity index (χ0n) is 15.2. The van der Waals surface area contributed by atoms with Gasteiger partial charge in [-0.05, 0) is 6.07 Å². The Bertz CT molecular complexity index is 1030. The van der Waals surface area contributed by atoms with E-state index in [4.69, 9.17) is 10.5 Å². The lowest BCUT2D eigenvalue weighted by molar-refractivity contribution is 0.400. The topological polar surface area (TPSA) is 138 Å². The number of nitrogens with two attached hydrogens (primary N) is 1. The van der Waals surface area contributed by atoms with Gasteiger partial charge in [0.2, 0.25) is 15.9 Å². The molecular weight excluding hydrogens is 358 g/mol. The van der Waals surface area contributed by atoms with E-state index in [0.717, 1.165) is 6.26 Å². The van der Waals surface area contributed by atoms with Crippen molar-refractivity contribution in [3.63, 3.8) is 0 Å². The number of hydrogen-bond acceptors (Lipinski definition) is 8. The van der Waals surface area contributed by atoms with Crippen LogP contribution < -0.4 is 15.2 Å². The van der Waals surface area contributed by atoms with E-state index in [1.165, 1.54) is 19.6 Å². The van der Waals surface area contributed by atoms with Crippen LogP contribution in [0, 0.1) is 0 Å². The van der Waals surface area contributed by atoms with Gasteiger partial charge in [0.25, 0.3) is 0 Å². The Morgan fingerprint density at radius 3 is 2.54 bits per heavy atom. The molecule has 3 heterocycles. The molecule has 11 heteroatoms. The summed E-state index contributed by atoms with van der Waals surface area (Å²) < 4.78 is 32.1. The molecule has 0 unspecified atom stereocenters. The Morgan fingerprint density at radius 1 is 1.23 bits per heavy atom. The molecule has 0 aliphatic heterocycles. The molecule has 0 bridgehead atoms. The lowest BCUT2D eigenvalue weighted by Crippen LogP contribution is -2.11. The van der Waals surface area contributed by atoms with E-state index in [-0.39, 0.29) is 17.4 Å². The van der Waals surface area contributed by atoms with E-state index < -0.39 is 10.0 Å². The fourth-order valence-electron chi connectivity index (χ4n) is 2.33. The summed E-state index contributed by atoms with van der Waals surface area (Å²) in [7, 11) is -0.372. The van der Waals surface area contributed by atoms with Gasteiger partial charge in [0.1, 0.15) is 23.5 Å². The average Bonchev–Trinajstić information content (AvgIpc) is 2.94. The van der Waals surface area contributed by atoms with Crippen molar-refractivity contribution in [2.75, 3.05) is 23.8 Å². The van der Waals surface area contributed by atoms with Crippen molar-refractivity contribution in [2.24, 2.45) is 7.05 Å². The van der Waals surface area contributed by atoms with Gasteiger partial charge >= 0.3 is 0 Å². The number of pyridine rings is 1. The zero-order chi connectivity index (χ0) is 19.5. The van der Waals surface area contributed by atoms with Crippen LogP contribution in [0.3, 0.4) is 0 Å². The number of fused-ring (bicyclic) bond motifs is 1. The number of methoxy groups -OCH3 is 1. The summed E-state index contributed by atoms with van der Waals surface area (Å²) in [5.41, 5.74) is 7.75. The number of anilines is 2. The lowest BCUT2D eigenvalue weighted by atomic mass is 10.1. The van der Waals surface area contributed by atoms with Crippen LogP contribution in [0.15, 0.2) is 18.6 Å². The highest BCUT2D eigenvalue weighted by Gasteiger charge is 2.18. The van der Waals surface area contributed by atoms with E-state index in [1.54, 1.807) is 17.8 Å². The largest absolute Gasteiger partial charge is 0.480 e. The molecule has 10 nitrogen and oxygen atoms in total. The monoisotopic (exact) mass is 379 g/mol. The number of hydrogen-bond donors (Lipinski definition) is 2. The molecule has 0 radical (unpaired) electrons. The minimum absolute atomic E-state index is 0.147. The molecule has 0 saturated carbocycles. The van der Waals surface area contributed by atoms with E-state index in [9.17, 15) is 8.42 Å². The third-order valence-electron chi connectivity index (χ3n) is 3.26. The maximum absolute atomic E-state index is 11.5. The predicted octanol–water partition coefficient (Wildman–Crippen LogP) is 1.41. The minimum Gasteiger partial charge on any atom is -0.480 e. The standard InChI is InChI=1S/C13H15N7O3S.C2H6/c1-20-12-9(11(14)16-6-17-12)10(18-20)7-4-8(19-24(3,21)22)13(23-2)15-5-7;1-2/h4-6,19H,1-3H3,(H2,14,16,17);1-2H3. The normalized spacial score (nSPS) is 11.0. The Kier molecular flexibility index (Phi) is 5.60. The molecule has 0 fully saturated rings. The average molecular weight is 379 g/mol. The first-order valence-electron chi connectivity index (χ1n) is 7.75. The molecule has 0 amide bonds. The summed E-state index contributed by atoms with van der Waals surface area (Å²) >= 11 is 0. The lowest BCUT2D eigenvalue weighted by Gasteiger charge is -2.10. The van der Waals surface area contributed by atoms with Gasteiger partial charge in [-0.15, -0.1) is 0 Å². The third kappa shape index (κ3) is 3.82. The highest BCUT2D eigenvalue weighted by atomic mass is 32.2. The minimum atomic E-state index is -3.50. The second-order valence-corrected chi connectivity index (χ2v) is 6.83. The quantitative estimate of drug-likeness (QED) is 0.694. The summed E-state index contributed by atoms with van der Waals surface area (Å²) in [5, 5.41) is 4.96. The molecule has 3 rings (SSSR count). The van der Waals surface area contributed by atoms with Crippen LogP contribution in [0.5, 0.6) is 5.88 Å². The number of aryl methyl sites for hydroxylation is 1. The maximum atomic E-state index is 11.5. The van der Waals surface area contributed by atoms with Crippen molar-refractivity contribution in [2.45, 2.75) is 13.8 Å². The maximum Gasteiger partial charge on any atom is 0.238 e. The van der Waals surface area contributed by atoms with Gasteiger partial charge in [-0.1, -0.05) is 13.8 Å². The first-order valence-corrected chi connectivity index (χ1v) is 9.64. The van der Waals surface area contributed by atoms with Crippen LogP contribution in [-0.2, 0) is 17.1 Å². The summed E-state index contributed by atoms with van der Waals surface area (Å²) in [6, 6.07) is 1.57. The van der Waals surface area contributed by atoms with Crippen molar-refractivity contribution >= 4 is 32.6 Å². The van der Waals surface area contributed by atoms with Crippen molar-refractivity contribution in [3.8, 4) is 17.1 Å². The number of aromatic nitrogens is 5. The van der Waals surface area contributed by atoms with E-state index in [0.29, 0.717) is 22.3 Å². The molecule has 26 heavy (non-hydrogen) atoms. The molecule has 3 aromatic rings. The van der Waals surface area contributed by atoms with Crippen LogP contribution in [0.25, 0.3) is 22.3 Å². The molecule has 0 spiro atoms. The zero-order valence-corrected chi connectivity index (χ0v) is 16.0. The summed E-state index contributed by atoms with van der Waals surface area (Å²) in [5.74, 6) is 0.421. The second kappa shape index (κ2) is 7.52. The van der Waals surface area contributed by atoms with Crippen molar-refractivity contribution in [1.82, 2.24) is 24.7 Å². The highest BCUT2D eigenvalue weighted by Crippen LogP contribution is 2.33. The fraction of sp³-hybridized carbons (Fsp3) is 0.333. The van der Waals surface area contributed by atoms with Crippen LogP contribution in [0.2, 0.25) is 0 Å². The number of sulfonamides is 1. The summed E-state index contributed by atoms with van der Waals surface area (Å²) in [4.78, 5) is 12.3. The van der Waals surface area contributed by atoms with Gasteiger partial charge in [-0.25, -0.2) is 28.1 Å². The molecule has 0 aromatic carbocycles. The first kappa shape index (κ1) is 19.4. The van der Waals surface area contributed by atoms with Gasteiger partial charge in [-0.2, -0.15) is 5.10 Å². The smallest absolute Gasteiger partial charge is 0.238 e. The molecule has 3 N–H and O–H groups in total. The molecule has 3 aromatic heterocycles. The van der Waals surface area contributed by atoms with Crippen molar-refractivity contribution < 1.29 is 13.2 Å². The number of nitrogen functional groups attached to an aromatic ring is 1. The Hall–Kier alpha value is -2.95. The number of rotatable bonds is 4. The molecule has 140 valence electrons.